The summed E-state index contributed by atoms with van der Waals surface area (Å²) in [6.07, 6.45) is 0.220. The molecule has 0 aliphatic carbocycles. The van der Waals surface area contributed by atoms with Crippen LogP contribution in [0.15, 0.2) is 53.0 Å². The van der Waals surface area contributed by atoms with Crippen molar-refractivity contribution in [3.05, 3.63) is 64.1 Å². The normalized spacial score (nSPS) is 20.1. The summed E-state index contributed by atoms with van der Waals surface area (Å²) >= 11 is 5.19. The topological polar surface area (TPSA) is 49.8 Å². The van der Waals surface area contributed by atoms with Crippen LogP contribution in [0.25, 0.3) is 0 Å². The number of rotatable bonds is 7. The molecule has 1 aliphatic heterocycles. The summed E-state index contributed by atoms with van der Waals surface area (Å²) in [5.74, 6) is -0.289. The van der Waals surface area contributed by atoms with Crippen molar-refractivity contribution in [2.24, 2.45) is 0 Å². The Kier molecular flexibility index (Phi) is 7.13. The van der Waals surface area contributed by atoms with E-state index in [0.29, 0.717) is 12.1 Å². The van der Waals surface area contributed by atoms with Gasteiger partial charge in [-0.05, 0) is 37.3 Å². The van der Waals surface area contributed by atoms with E-state index in [0.717, 1.165) is 15.7 Å². The van der Waals surface area contributed by atoms with Gasteiger partial charge < -0.3 is 14.4 Å². The number of anilines is 1. The van der Waals surface area contributed by atoms with Crippen molar-refractivity contribution >= 4 is 47.6 Å². The fraction of sp³-hybridized carbons (Fsp3) is 0.458. The van der Waals surface area contributed by atoms with Crippen LogP contribution in [-0.4, -0.2) is 29.5 Å². The Morgan fingerprint density at radius 3 is 2.39 bits per heavy atom. The van der Waals surface area contributed by atoms with Crippen molar-refractivity contribution in [2.75, 3.05) is 4.90 Å². The molecule has 1 N–H and O–H groups in total. The molecule has 4 nitrogen and oxygen atoms in total. The van der Waals surface area contributed by atoms with Crippen molar-refractivity contribution in [3.8, 4) is 0 Å². The number of hydrogen-bond donors (Lipinski definition) is 1. The number of halogens is 1. The highest BCUT2D eigenvalue weighted by atomic mass is 79.9. The number of carbonyl (C=O) groups is 1. The van der Waals surface area contributed by atoms with Gasteiger partial charge in [-0.3, -0.25) is 4.79 Å². The molecular formula is C24H32BrNO3SSi. The molecule has 0 radical (unpaired) electrons. The predicted molar refractivity (Wildman–Crippen MR) is 136 cm³/mol. The van der Waals surface area contributed by atoms with Gasteiger partial charge >= 0.3 is 0 Å². The van der Waals surface area contributed by atoms with Gasteiger partial charge in [0, 0.05) is 21.2 Å². The summed E-state index contributed by atoms with van der Waals surface area (Å²) < 4.78 is 7.26. The van der Waals surface area contributed by atoms with Crippen LogP contribution < -0.4 is 4.90 Å². The minimum absolute atomic E-state index is 0.0609. The molecule has 1 aliphatic rings. The van der Waals surface area contributed by atoms with E-state index in [2.05, 4.69) is 56.3 Å². The van der Waals surface area contributed by atoms with E-state index >= 15 is 0 Å². The van der Waals surface area contributed by atoms with Crippen LogP contribution in [0.1, 0.15) is 38.3 Å². The summed E-state index contributed by atoms with van der Waals surface area (Å²) in [5.41, 5.74) is 0.514. The molecule has 168 valence electrons. The van der Waals surface area contributed by atoms with Gasteiger partial charge in [0.2, 0.25) is 0 Å². The molecular weight excluding hydrogens is 490 g/mol. The van der Waals surface area contributed by atoms with Crippen LogP contribution >= 0.6 is 27.7 Å². The fourth-order valence-electron chi connectivity index (χ4n) is 3.78. The maximum Gasteiger partial charge on any atom is 0.264 e. The molecule has 2 atom stereocenters. The number of nitrogens with zero attached hydrogens (tertiary/aromatic N) is 1. The number of thioether (sulfide) groups is 1. The van der Waals surface area contributed by atoms with Gasteiger partial charge in [-0.1, -0.05) is 73.1 Å². The zero-order valence-electron chi connectivity index (χ0n) is 19.1. The zero-order valence-corrected chi connectivity index (χ0v) is 22.5. The van der Waals surface area contributed by atoms with Crippen molar-refractivity contribution in [3.63, 3.8) is 0 Å². The monoisotopic (exact) mass is 521 g/mol. The average Bonchev–Trinajstić information content (AvgIpc) is 2.81. The standard InChI is InChI=1S/C24H32BrNO3SSi/c1-23(2,3)30-21(29-31(4,5)6)15-24(28)19-13-12-18(25)14-20(19)26(22(24)27)16-17-10-8-7-9-11-17/h7-14,21,28H,15-16H2,1-6H3/t21?,24-/m1/s1. The second kappa shape index (κ2) is 9.02. The molecule has 0 fully saturated rings. The zero-order chi connectivity index (χ0) is 23.0. The van der Waals surface area contributed by atoms with E-state index in [1.807, 2.05) is 48.5 Å². The van der Waals surface area contributed by atoms with Gasteiger partial charge in [0.15, 0.2) is 13.9 Å². The van der Waals surface area contributed by atoms with Crippen LogP contribution in [-0.2, 0) is 21.4 Å². The number of hydrogen-bond acceptors (Lipinski definition) is 4. The molecule has 0 bridgehead atoms. The molecule has 1 amide bonds. The highest BCUT2D eigenvalue weighted by Gasteiger charge is 2.51. The Balaban J connectivity index is 1.99. The van der Waals surface area contributed by atoms with Gasteiger partial charge in [0.25, 0.3) is 5.91 Å². The SMILES string of the molecule is CC(C)(C)SC(C[C@]1(O)C(=O)N(Cc2ccccc2)c2cc(Br)ccc21)O[Si](C)(C)C. The lowest BCUT2D eigenvalue weighted by atomic mass is 9.92. The third kappa shape index (κ3) is 6.02. The Morgan fingerprint density at radius 2 is 1.81 bits per heavy atom. The molecule has 2 aromatic carbocycles. The molecule has 0 saturated carbocycles. The van der Waals surface area contributed by atoms with Crippen LogP contribution in [0.4, 0.5) is 5.69 Å². The fourth-order valence-corrected chi connectivity index (χ4v) is 7.18. The molecule has 0 spiro atoms. The third-order valence-electron chi connectivity index (χ3n) is 4.91. The van der Waals surface area contributed by atoms with E-state index in [1.165, 1.54) is 0 Å². The smallest absolute Gasteiger partial charge is 0.264 e. The van der Waals surface area contributed by atoms with Gasteiger partial charge in [-0.15, -0.1) is 11.8 Å². The number of aliphatic hydroxyl groups is 1. The van der Waals surface area contributed by atoms with Gasteiger partial charge in [0.05, 0.1) is 17.7 Å². The quantitative estimate of drug-likeness (QED) is 0.343. The lowest BCUT2D eigenvalue weighted by Crippen LogP contribution is -2.44. The van der Waals surface area contributed by atoms with Crippen molar-refractivity contribution < 1.29 is 14.3 Å². The molecule has 3 rings (SSSR count). The Morgan fingerprint density at radius 1 is 1.16 bits per heavy atom. The molecule has 2 aromatic rings. The summed E-state index contributed by atoms with van der Waals surface area (Å²) in [6.45, 7) is 13.2. The van der Waals surface area contributed by atoms with E-state index in [4.69, 9.17) is 4.43 Å². The molecule has 0 saturated heterocycles. The minimum Gasteiger partial charge on any atom is -0.406 e. The summed E-state index contributed by atoms with van der Waals surface area (Å²) in [5, 5.41) is 11.8. The van der Waals surface area contributed by atoms with Crippen molar-refractivity contribution in [1.29, 1.82) is 0 Å². The van der Waals surface area contributed by atoms with Gasteiger partial charge in [0.1, 0.15) is 0 Å². The van der Waals surface area contributed by atoms with Crippen LogP contribution in [0.2, 0.25) is 19.6 Å². The van der Waals surface area contributed by atoms with E-state index in [9.17, 15) is 9.90 Å². The Hall–Kier alpha value is -1.12. The highest BCUT2D eigenvalue weighted by molar-refractivity contribution is 9.10. The highest BCUT2D eigenvalue weighted by Crippen LogP contribution is 2.47. The maximum atomic E-state index is 13.7. The Labute approximate surface area is 199 Å². The van der Waals surface area contributed by atoms with Crippen LogP contribution in [0.5, 0.6) is 0 Å². The first-order chi connectivity index (χ1) is 14.3. The van der Waals surface area contributed by atoms with Gasteiger partial charge in [-0.2, -0.15) is 0 Å². The second-order valence-electron chi connectivity index (χ2n) is 9.99. The van der Waals surface area contributed by atoms with Crippen LogP contribution in [0.3, 0.4) is 0 Å². The number of carbonyl (C=O) groups excluding carboxylic acids is 1. The number of amides is 1. The molecule has 1 unspecified atom stereocenters. The predicted octanol–water partition coefficient (Wildman–Crippen LogP) is 6.28. The van der Waals surface area contributed by atoms with E-state index < -0.39 is 13.9 Å². The number of benzene rings is 2. The molecule has 1 heterocycles. The molecule has 0 aromatic heterocycles. The summed E-state index contributed by atoms with van der Waals surface area (Å²) in [4.78, 5) is 15.4. The summed E-state index contributed by atoms with van der Waals surface area (Å²) in [7, 11) is -1.89. The minimum atomic E-state index is -1.89. The Bertz CT molecular complexity index is 926. The third-order valence-corrected chi connectivity index (χ3v) is 7.80. The molecule has 31 heavy (non-hydrogen) atoms. The van der Waals surface area contributed by atoms with Crippen LogP contribution in [0, 0.1) is 0 Å². The molecule has 7 heteroatoms. The number of fused-ring (bicyclic) bond motifs is 1. The van der Waals surface area contributed by atoms with Crippen molar-refractivity contribution in [2.45, 2.75) is 69.2 Å². The van der Waals surface area contributed by atoms with Gasteiger partial charge in [-0.25, -0.2) is 0 Å². The first-order valence-corrected chi connectivity index (χ1v) is 15.6. The second-order valence-corrected chi connectivity index (χ2v) is 17.4. The lowest BCUT2D eigenvalue weighted by Gasteiger charge is -2.35. The van der Waals surface area contributed by atoms with E-state index in [1.54, 1.807) is 16.7 Å². The largest absolute Gasteiger partial charge is 0.406 e. The first-order valence-electron chi connectivity index (χ1n) is 10.5. The van der Waals surface area contributed by atoms with Crippen molar-refractivity contribution in [1.82, 2.24) is 0 Å². The van der Waals surface area contributed by atoms with E-state index in [-0.39, 0.29) is 22.5 Å². The average molecular weight is 523 g/mol. The lowest BCUT2D eigenvalue weighted by molar-refractivity contribution is -0.138. The summed E-state index contributed by atoms with van der Waals surface area (Å²) in [6, 6.07) is 15.5. The maximum absolute atomic E-state index is 13.7. The first kappa shape index (κ1) is 24.5.